The molecule has 1 unspecified atom stereocenters. The average molecular weight is 424 g/mol. The number of azo groups is 1. The highest BCUT2D eigenvalue weighted by Crippen LogP contribution is 2.31. The number of aryl methyl sites for hydroxylation is 1. The predicted molar refractivity (Wildman–Crippen MR) is 108 cm³/mol. The minimum Gasteiger partial charge on any atom is -0.497 e. The van der Waals surface area contributed by atoms with Gasteiger partial charge in [-0.15, -0.1) is 0 Å². The number of amides is 1. The average Bonchev–Trinajstić information content (AvgIpc) is 2.68. The summed E-state index contributed by atoms with van der Waals surface area (Å²) >= 11 is 12.3. The Bertz CT molecular complexity index is 876. The molecule has 0 aliphatic rings. The summed E-state index contributed by atoms with van der Waals surface area (Å²) in [5.41, 5.74) is 1.40. The van der Waals surface area contributed by atoms with Crippen molar-refractivity contribution < 1.29 is 19.1 Å². The number of methoxy groups -OCH3 is 2. The molecule has 0 aliphatic carbocycles. The van der Waals surface area contributed by atoms with Crippen LogP contribution in [-0.4, -0.2) is 32.0 Å². The van der Waals surface area contributed by atoms with Gasteiger partial charge in [-0.25, -0.2) is 4.42 Å². The Labute approximate surface area is 173 Å². The number of Topliss-reactive ketones (excluding diaryl/α,β-unsaturated/α-hetero) is 1. The number of rotatable bonds is 7. The first-order valence-electron chi connectivity index (χ1n) is 8.17. The van der Waals surface area contributed by atoms with Crippen LogP contribution in [0.1, 0.15) is 12.5 Å². The lowest BCUT2D eigenvalue weighted by Gasteiger charge is -2.18. The lowest BCUT2D eigenvalue weighted by atomic mass is 10.2. The molecule has 0 aromatic heterocycles. The lowest BCUT2D eigenvalue weighted by molar-refractivity contribution is -0.126. The topological polar surface area (TPSA) is 80.6 Å². The Balaban J connectivity index is 2.35. The fraction of sp³-hybridized carbons (Fsp3) is 0.263. The number of carbonyl (C=O) groups is 2. The minimum atomic E-state index is -1.43. The molecule has 0 bridgehead atoms. The van der Waals surface area contributed by atoms with E-state index >= 15 is 0 Å². The highest BCUT2D eigenvalue weighted by atomic mass is 35.5. The van der Waals surface area contributed by atoms with Crippen molar-refractivity contribution in [3.05, 3.63) is 47.0 Å². The summed E-state index contributed by atoms with van der Waals surface area (Å²) in [5.74, 6) is -0.419. The van der Waals surface area contributed by atoms with Crippen molar-refractivity contribution in [1.82, 2.24) is 0 Å². The van der Waals surface area contributed by atoms with Crippen molar-refractivity contribution in [2.75, 3.05) is 18.6 Å². The van der Waals surface area contributed by atoms with Crippen LogP contribution in [0.4, 0.5) is 11.4 Å². The second kappa shape index (κ2) is 9.52. The van der Waals surface area contributed by atoms with Gasteiger partial charge in [0.05, 0.1) is 24.9 Å². The van der Waals surface area contributed by atoms with Gasteiger partial charge in [0.15, 0.2) is 5.78 Å². The molecule has 1 amide bonds. The van der Waals surface area contributed by atoms with Gasteiger partial charge in [-0.3, -0.25) is 9.59 Å². The van der Waals surface area contributed by atoms with Crippen molar-refractivity contribution in [2.45, 2.75) is 19.9 Å². The van der Waals surface area contributed by atoms with Gasteiger partial charge in [0, 0.05) is 30.0 Å². The van der Waals surface area contributed by atoms with Gasteiger partial charge in [-0.1, -0.05) is 23.7 Å². The zero-order valence-corrected chi connectivity index (χ0v) is 17.3. The number of benzene rings is 2. The SMILES string of the molecule is COc1cc(OC)cc(N(Cl)C(=O)C(N=Nc2c(C)cccc2Cl)C(C)=O)c1. The van der Waals surface area contributed by atoms with Crippen LogP contribution in [0.3, 0.4) is 0 Å². The molecule has 2 rings (SSSR count). The van der Waals surface area contributed by atoms with E-state index in [0.29, 0.717) is 22.2 Å². The molecule has 2 aromatic carbocycles. The lowest BCUT2D eigenvalue weighted by Crippen LogP contribution is -2.36. The van der Waals surface area contributed by atoms with Gasteiger partial charge < -0.3 is 9.47 Å². The van der Waals surface area contributed by atoms with E-state index in [1.807, 2.05) is 0 Å². The molecule has 1 atom stereocenters. The first-order chi connectivity index (χ1) is 13.3. The van der Waals surface area contributed by atoms with E-state index in [-0.39, 0.29) is 5.69 Å². The Morgan fingerprint density at radius 2 is 1.71 bits per heavy atom. The van der Waals surface area contributed by atoms with Gasteiger partial charge in [0.2, 0.25) is 6.04 Å². The highest BCUT2D eigenvalue weighted by Gasteiger charge is 2.29. The third-order valence-electron chi connectivity index (χ3n) is 3.84. The smallest absolute Gasteiger partial charge is 0.276 e. The van der Waals surface area contributed by atoms with Gasteiger partial charge in [0.25, 0.3) is 5.91 Å². The number of nitrogens with zero attached hydrogens (tertiary/aromatic N) is 3. The first-order valence-corrected chi connectivity index (χ1v) is 8.89. The molecule has 0 heterocycles. The first kappa shape index (κ1) is 21.7. The summed E-state index contributed by atoms with van der Waals surface area (Å²) in [6.07, 6.45) is 0. The van der Waals surface area contributed by atoms with E-state index in [0.717, 1.165) is 9.98 Å². The van der Waals surface area contributed by atoms with Crippen LogP contribution in [0.15, 0.2) is 46.6 Å². The Kier molecular flexibility index (Phi) is 7.37. The van der Waals surface area contributed by atoms with E-state index in [4.69, 9.17) is 32.9 Å². The molecule has 9 heteroatoms. The number of hydrogen-bond donors (Lipinski definition) is 0. The molecule has 0 saturated carbocycles. The highest BCUT2D eigenvalue weighted by molar-refractivity contribution is 6.39. The fourth-order valence-electron chi connectivity index (χ4n) is 2.31. The van der Waals surface area contributed by atoms with E-state index in [1.165, 1.54) is 33.3 Å². The molecule has 0 radical (unpaired) electrons. The van der Waals surface area contributed by atoms with Crippen molar-refractivity contribution in [3.8, 4) is 11.5 Å². The zero-order chi connectivity index (χ0) is 20.8. The Morgan fingerprint density at radius 3 is 2.21 bits per heavy atom. The quantitative estimate of drug-likeness (QED) is 0.360. The summed E-state index contributed by atoms with van der Waals surface area (Å²) in [6.45, 7) is 3.03. The van der Waals surface area contributed by atoms with Gasteiger partial charge in [0.1, 0.15) is 17.2 Å². The molecular formula is C19H19Cl2N3O4. The number of halogens is 2. The molecule has 2 aromatic rings. The van der Waals surface area contributed by atoms with E-state index in [2.05, 4.69) is 10.2 Å². The third-order valence-corrected chi connectivity index (χ3v) is 4.50. The van der Waals surface area contributed by atoms with Crippen LogP contribution in [0.25, 0.3) is 0 Å². The molecule has 0 fully saturated rings. The van der Waals surface area contributed by atoms with Gasteiger partial charge >= 0.3 is 0 Å². The van der Waals surface area contributed by atoms with E-state index in [9.17, 15) is 9.59 Å². The molecule has 0 N–H and O–H groups in total. The summed E-state index contributed by atoms with van der Waals surface area (Å²) in [7, 11) is 2.94. The van der Waals surface area contributed by atoms with E-state index < -0.39 is 17.7 Å². The maximum atomic E-state index is 12.8. The van der Waals surface area contributed by atoms with Crippen LogP contribution in [0.5, 0.6) is 11.5 Å². The minimum absolute atomic E-state index is 0.262. The van der Waals surface area contributed by atoms with Crippen molar-refractivity contribution >= 4 is 46.4 Å². The monoisotopic (exact) mass is 423 g/mol. The summed E-state index contributed by atoms with van der Waals surface area (Å²) in [5, 5.41) is 8.27. The maximum Gasteiger partial charge on any atom is 0.276 e. The summed E-state index contributed by atoms with van der Waals surface area (Å²) < 4.78 is 11.1. The van der Waals surface area contributed by atoms with Crippen molar-refractivity contribution in [3.63, 3.8) is 0 Å². The van der Waals surface area contributed by atoms with E-state index in [1.54, 1.807) is 31.2 Å². The Hall–Kier alpha value is -2.64. The summed E-state index contributed by atoms with van der Waals surface area (Å²) in [6, 6.07) is 8.46. The standard InChI is InChI=1S/C19H19Cl2N3O4/c1-11-6-5-7-16(20)17(11)22-23-18(12(2)25)19(26)24(21)13-8-14(27-3)10-15(9-13)28-4/h5-10,18H,1-4H3. The predicted octanol–water partition coefficient (Wildman–Crippen LogP) is 4.89. The van der Waals surface area contributed by atoms with Crippen LogP contribution < -0.4 is 13.9 Å². The van der Waals surface area contributed by atoms with Gasteiger partial charge in [-0.05, 0) is 25.5 Å². The Morgan fingerprint density at radius 1 is 1.11 bits per heavy atom. The second-order valence-corrected chi connectivity index (χ2v) is 6.57. The third kappa shape index (κ3) is 4.99. The van der Waals surface area contributed by atoms with Crippen LogP contribution >= 0.6 is 23.4 Å². The second-order valence-electron chi connectivity index (χ2n) is 5.82. The number of carbonyl (C=O) groups excluding carboxylic acids is 2. The zero-order valence-electron chi connectivity index (χ0n) is 15.8. The molecule has 28 heavy (non-hydrogen) atoms. The number of ketones is 1. The fourth-order valence-corrected chi connectivity index (χ4v) is 2.76. The normalized spacial score (nSPS) is 11.9. The summed E-state index contributed by atoms with van der Waals surface area (Å²) in [4.78, 5) is 24.8. The number of ether oxygens (including phenoxy) is 2. The molecule has 0 aliphatic heterocycles. The number of anilines is 1. The van der Waals surface area contributed by atoms with Crippen LogP contribution in [-0.2, 0) is 9.59 Å². The molecule has 7 nitrogen and oxygen atoms in total. The molecular weight excluding hydrogens is 405 g/mol. The van der Waals surface area contributed by atoms with Crippen molar-refractivity contribution in [1.29, 1.82) is 0 Å². The van der Waals surface area contributed by atoms with Gasteiger partial charge in [-0.2, -0.15) is 10.2 Å². The molecule has 0 spiro atoms. The largest absolute Gasteiger partial charge is 0.497 e. The molecule has 148 valence electrons. The van der Waals surface area contributed by atoms with Crippen molar-refractivity contribution in [2.24, 2.45) is 10.2 Å². The van der Waals surface area contributed by atoms with Crippen LogP contribution in [0.2, 0.25) is 5.02 Å². The number of hydrogen-bond acceptors (Lipinski definition) is 6. The maximum absolute atomic E-state index is 12.8. The molecule has 0 saturated heterocycles. The van der Waals surface area contributed by atoms with Crippen LogP contribution in [0, 0.1) is 6.92 Å².